The Hall–Kier alpha value is -3.95. The second-order valence-corrected chi connectivity index (χ2v) is 14.5. The summed E-state index contributed by atoms with van der Waals surface area (Å²) in [6.07, 6.45) is 3.14. The molecule has 2 saturated heterocycles. The highest BCUT2D eigenvalue weighted by atomic mass is 35.5. The molecular weight excluding hydrogens is 730 g/mol. The lowest BCUT2D eigenvalue weighted by Crippen LogP contribution is -2.40. The monoisotopic (exact) mass is 767 g/mol. The third-order valence-corrected chi connectivity index (χ3v) is 10.7. The van der Waals surface area contributed by atoms with Gasteiger partial charge in [-0.1, -0.05) is 42.1 Å². The molecule has 11 nitrogen and oxygen atoms in total. The van der Waals surface area contributed by atoms with Crippen LogP contribution in [0.25, 0.3) is 17.0 Å². The fourth-order valence-corrected chi connectivity index (χ4v) is 8.01. The van der Waals surface area contributed by atoms with Gasteiger partial charge in [-0.25, -0.2) is 4.79 Å². The molecule has 5 rings (SSSR count). The van der Waals surface area contributed by atoms with Gasteiger partial charge in [0.05, 0.1) is 35.4 Å². The van der Waals surface area contributed by atoms with Crippen LogP contribution in [0.2, 0.25) is 10.0 Å². The molecule has 51 heavy (non-hydrogen) atoms. The summed E-state index contributed by atoms with van der Waals surface area (Å²) < 4.78 is 41.8. The van der Waals surface area contributed by atoms with Gasteiger partial charge < -0.3 is 16.0 Å². The first kappa shape index (κ1) is 38.3. The number of hydrogen-bond acceptors (Lipinski definition) is 6. The van der Waals surface area contributed by atoms with E-state index < -0.39 is 23.6 Å². The number of nitrogens with zero attached hydrogens (tertiary/aromatic N) is 2. The van der Waals surface area contributed by atoms with E-state index in [2.05, 4.69) is 31.9 Å². The van der Waals surface area contributed by atoms with Crippen LogP contribution in [0.15, 0.2) is 42.5 Å². The number of benzene rings is 2. The highest BCUT2D eigenvalue weighted by Gasteiger charge is 2.42. The molecule has 1 unspecified atom stereocenters. The molecule has 0 aliphatic carbocycles. The van der Waals surface area contributed by atoms with Crippen molar-refractivity contribution < 1.29 is 32.3 Å². The average Bonchev–Trinajstić information content (AvgIpc) is 3.75. The van der Waals surface area contributed by atoms with Gasteiger partial charge in [0.15, 0.2) is 0 Å². The van der Waals surface area contributed by atoms with E-state index in [0.29, 0.717) is 58.5 Å². The molecule has 2 aromatic carbocycles. The number of halogens is 5. The van der Waals surface area contributed by atoms with Gasteiger partial charge in [0, 0.05) is 51.9 Å². The SMILES string of the molecule is O=C(C=Cc1nn(Cc2ccc(Cl)cc2Cl)c2cc(C(F)(F)F)ccc12)NNC(=O)CCCCCNC(=O)CCCCC1SC[C@@H]2NC(=O)N[C@H]12. The van der Waals surface area contributed by atoms with E-state index in [1.54, 1.807) is 12.1 Å². The Bertz CT molecular complexity index is 1790. The standard InChI is InChI=1S/C34H38Cl2F3N7O4S/c35-22-11-9-20(24(36)17-22)18-46-27-16-21(34(37,38)39)10-12-23(27)25(45-46)13-14-31(49)44-43-30(48)8-2-1-5-15-40-29(47)7-4-3-6-28-32-26(19-51-28)41-33(50)42-32/h9-14,16-17,26,28,32H,1-8,15,18-19H2,(H,40,47)(H,43,48)(H,44,49)(H2,41,42,50)/t26-,28?,32-/m0/s1. The predicted octanol–water partition coefficient (Wildman–Crippen LogP) is 5.97. The number of hydrogen-bond donors (Lipinski definition) is 5. The van der Waals surface area contributed by atoms with E-state index in [1.807, 2.05) is 11.8 Å². The molecule has 274 valence electrons. The zero-order valence-corrected chi connectivity index (χ0v) is 29.8. The smallest absolute Gasteiger partial charge is 0.356 e. The maximum atomic E-state index is 13.5. The van der Waals surface area contributed by atoms with Gasteiger partial charge in [-0.05, 0) is 67.7 Å². The van der Waals surface area contributed by atoms with Crippen LogP contribution in [-0.2, 0) is 27.1 Å². The summed E-state index contributed by atoms with van der Waals surface area (Å²) in [5.74, 6) is -0.141. The van der Waals surface area contributed by atoms with Crippen molar-refractivity contribution in [3.05, 3.63) is 69.3 Å². The summed E-state index contributed by atoms with van der Waals surface area (Å²) in [4.78, 5) is 48.3. The van der Waals surface area contributed by atoms with Crippen molar-refractivity contribution in [2.24, 2.45) is 0 Å². The van der Waals surface area contributed by atoms with Crippen LogP contribution in [0.5, 0.6) is 0 Å². The molecule has 5 N–H and O–H groups in total. The number of aromatic nitrogens is 2. The number of urea groups is 1. The summed E-state index contributed by atoms with van der Waals surface area (Å²) in [6.45, 7) is 0.565. The molecular formula is C34H38Cl2F3N7O4S. The Kier molecular flexibility index (Phi) is 13.1. The summed E-state index contributed by atoms with van der Waals surface area (Å²) >= 11 is 14.1. The topological polar surface area (TPSA) is 146 Å². The minimum absolute atomic E-state index is 0.00641. The fraction of sp³-hybridized carbons (Fsp3) is 0.441. The Morgan fingerprint density at radius 3 is 2.55 bits per heavy atom. The maximum Gasteiger partial charge on any atom is 0.416 e. The molecule has 2 aliphatic heterocycles. The lowest BCUT2D eigenvalue weighted by Gasteiger charge is -2.16. The summed E-state index contributed by atoms with van der Waals surface area (Å²) in [7, 11) is 0. The van der Waals surface area contributed by atoms with Crippen LogP contribution in [0.3, 0.4) is 0 Å². The number of hydrazine groups is 1. The van der Waals surface area contributed by atoms with Crippen molar-refractivity contribution in [1.82, 2.24) is 36.6 Å². The molecule has 0 saturated carbocycles. The number of amides is 5. The second kappa shape index (κ2) is 17.5. The van der Waals surface area contributed by atoms with Crippen molar-refractivity contribution in [1.29, 1.82) is 0 Å². The van der Waals surface area contributed by atoms with Crippen LogP contribution in [0, 0.1) is 0 Å². The Labute approximate surface area is 306 Å². The van der Waals surface area contributed by atoms with E-state index in [-0.39, 0.29) is 48.2 Å². The van der Waals surface area contributed by atoms with Crippen LogP contribution in [-0.4, -0.2) is 63.2 Å². The Morgan fingerprint density at radius 1 is 0.980 bits per heavy atom. The lowest BCUT2D eigenvalue weighted by atomic mass is 10.0. The molecule has 1 aromatic heterocycles. The van der Waals surface area contributed by atoms with E-state index >= 15 is 0 Å². The molecule has 0 spiro atoms. The van der Waals surface area contributed by atoms with Gasteiger partial charge in [0.25, 0.3) is 5.91 Å². The number of nitrogens with one attached hydrogen (secondary N) is 5. The molecule has 2 fully saturated rings. The number of alkyl halides is 3. The van der Waals surface area contributed by atoms with E-state index in [9.17, 15) is 32.3 Å². The van der Waals surface area contributed by atoms with Crippen molar-refractivity contribution in [3.8, 4) is 0 Å². The fourth-order valence-electron chi connectivity index (χ4n) is 6.00. The summed E-state index contributed by atoms with van der Waals surface area (Å²) in [6, 6.07) is 8.29. The molecule has 0 bridgehead atoms. The average molecular weight is 769 g/mol. The van der Waals surface area contributed by atoms with Gasteiger partial charge >= 0.3 is 12.2 Å². The first-order valence-corrected chi connectivity index (χ1v) is 18.4. The number of carbonyl (C=O) groups is 4. The minimum atomic E-state index is -4.57. The second-order valence-electron chi connectivity index (χ2n) is 12.4. The van der Waals surface area contributed by atoms with Crippen LogP contribution in [0.1, 0.15) is 68.2 Å². The largest absolute Gasteiger partial charge is 0.416 e. The third kappa shape index (κ3) is 10.8. The van der Waals surface area contributed by atoms with Crippen molar-refractivity contribution in [2.45, 2.75) is 81.4 Å². The zero-order chi connectivity index (χ0) is 36.5. The third-order valence-electron chi connectivity index (χ3n) is 8.64. The van der Waals surface area contributed by atoms with Crippen molar-refractivity contribution >= 4 is 75.7 Å². The number of fused-ring (bicyclic) bond motifs is 2. The summed E-state index contributed by atoms with van der Waals surface area (Å²) in [5.41, 5.74) is 4.81. The molecule has 3 aromatic rings. The number of carbonyl (C=O) groups excluding carboxylic acids is 4. The number of unbranched alkanes of at least 4 members (excludes halogenated alkanes) is 3. The number of rotatable bonds is 15. The normalized spacial score (nSPS) is 18.5. The maximum absolute atomic E-state index is 13.5. The minimum Gasteiger partial charge on any atom is -0.356 e. The van der Waals surface area contributed by atoms with E-state index in [4.69, 9.17) is 23.2 Å². The van der Waals surface area contributed by atoms with Gasteiger partial charge in [0.1, 0.15) is 0 Å². The predicted molar refractivity (Wildman–Crippen MR) is 191 cm³/mol. The van der Waals surface area contributed by atoms with Crippen LogP contribution in [0.4, 0.5) is 18.0 Å². The van der Waals surface area contributed by atoms with Gasteiger partial charge in [-0.2, -0.15) is 30.0 Å². The number of thioether (sulfide) groups is 1. The van der Waals surface area contributed by atoms with Crippen LogP contribution >= 0.6 is 35.0 Å². The molecule has 2 aliphatic rings. The molecule has 5 amide bonds. The Balaban J connectivity index is 0.992. The lowest BCUT2D eigenvalue weighted by molar-refractivity contribution is -0.137. The molecule has 3 heterocycles. The highest BCUT2D eigenvalue weighted by Crippen LogP contribution is 2.34. The Morgan fingerprint density at radius 2 is 1.76 bits per heavy atom. The quantitative estimate of drug-likeness (QED) is 0.0558. The van der Waals surface area contributed by atoms with E-state index in [0.717, 1.165) is 43.2 Å². The van der Waals surface area contributed by atoms with Crippen molar-refractivity contribution in [3.63, 3.8) is 0 Å². The van der Waals surface area contributed by atoms with E-state index in [1.165, 1.54) is 22.9 Å². The first-order chi connectivity index (χ1) is 24.4. The first-order valence-electron chi connectivity index (χ1n) is 16.6. The molecule has 17 heteroatoms. The van der Waals surface area contributed by atoms with Crippen molar-refractivity contribution in [2.75, 3.05) is 12.3 Å². The van der Waals surface area contributed by atoms with Gasteiger partial charge in [-0.3, -0.25) is 29.9 Å². The highest BCUT2D eigenvalue weighted by molar-refractivity contribution is 8.00. The van der Waals surface area contributed by atoms with Gasteiger partial charge in [-0.15, -0.1) is 0 Å². The van der Waals surface area contributed by atoms with Gasteiger partial charge in [0.2, 0.25) is 11.8 Å². The van der Waals surface area contributed by atoms with Crippen LogP contribution < -0.4 is 26.8 Å². The zero-order valence-electron chi connectivity index (χ0n) is 27.5. The molecule has 3 atom stereocenters. The molecule has 0 radical (unpaired) electrons. The summed E-state index contributed by atoms with van der Waals surface area (Å²) in [5, 5.41) is 14.7.